The molecule has 1 aliphatic rings. The lowest BCUT2D eigenvalue weighted by Crippen LogP contribution is -2.35. The van der Waals surface area contributed by atoms with Crippen LogP contribution in [-0.4, -0.2) is 39.5 Å². The van der Waals surface area contributed by atoms with Crippen LogP contribution in [-0.2, 0) is 14.8 Å². The van der Waals surface area contributed by atoms with Crippen LogP contribution in [0.3, 0.4) is 0 Å². The van der Waals surface area contributed by atoms with Gasteiger partial charge in [-0.25, -0.2) is 8.42 Å². The van der Waals surface area contributed by atoms with Crippen LogP contribution in [0.15, 0.2) is 39.2 Å². The fourth-order valence-electron chi connectivity index (χ4n) is 2.15. The van der Waals surface area contributed by atoms with Crippen LogP contribution in [0.1, 0.15) is 12.0 Å². The van der Waals surface area contributed by atoms with Crippen molar-refractivity contribution >= 4 is 26.0 Å². The third kappa shape index (κ3) is 3.31. The van der Waals surface area contributed by atoms with E-state index >= 15 is 0 Å². The Balaban J connectivity index is 2.21. The summed E-state index contributed by atoms with van der Waals surface area (Å²) < 4.78 is 32.6. The topological polar surface area (TPSA) is 46.6 Å². The highest BCUT2D eigenvalue weighted by molar-refractivity contribution is 9.10. The quantitative estimate of drug-likeness (QED) is 0.776. The van der Waals surface area contributed by atoms with Gasteiger partial charge in [-0.15, -0.1) is 0 Å². The van der Waals surface area contributed by atoms with E-state index in [1.807, 2.05) is 13.0 Å². The summed E-state index contributed by atoms with van der Waals surface area (Å²) in [5, 5.41) is 0. The summed E-state index contributed by atoms with van der Waals surface area (Å²) in [5.74, 6) is 0. The lowest BCUT2D eigenvalue weighted by molar-refractivity contribution is 0.219. The number of ether oxygens (including phenoxy) is 1. The molecule has 0 saturated heterocycles. The Kier molecular flexibility index (Phi) is 5.01. The van der Waals surface area contributed by atoms with Gasteiger partial charge in [0.05, 0.1) is 11.5 Å². The Labute approximate surface area is 128 Å². The molecule has 0 atom stereocenters. The lowest BCUT2D eigenvalue weighted by Gasteiger charge is -2.25. The molecule has 1 aliphatic heterocycles. The standard InChI is InChI=1S/C14H18BrNO3S/c1-11-9-13(3-4-14(11)15)20(17,18)16-7-5-12(6-8-16)10-19-2/h3-5,9H,6-8,10H2,1-2H3. The fraction of sp³-hybridized carbons (Fsp3) is 0.429. The average molecular weight is 360 g/mol. The zero-order valence-corrected chi connectivity index (χ0v) is 14.0. The molecule has 1 heterocycles. The molecule has 0 fully saturated rings. The molecule has 0 amide bonds. The summed E-state index contributed by atoms with van der Waals surface area (Å²) in [6.45, 7) is 3.38. The Morgan fingerprint density at radius 1 is 1.40 bits per heavy atom. The van der Waals surface area contributed by atoms with Crippen LogP contribution >= 0.6 is 15.9 Å². The second kappa shape index (κ2) is 6.39. The summed E-state index contributed by atoms with van der Waals surface area (Å²) in [5.41, 5.74) is 2.07. The van der Waals surface area contributed by atoms with Gasteiger partial charge in [0.15, 0.2) is 0 Å². The second-order valence-electron chi connectivity index (χ2n) is 4.82. The molecule has 1 aromatic rings. The zero-order chi connectivity index (χ0) is 14.8. The van der Waals surface area contributed by atoms with Crippen molar-refractivity contribution in [1.82, 2.24) is 4.31 Å². The van der Waals surface area contributed by atoms with E-state index in [9.17, 15) is 8.42 Å². The molecule has 0 saturated carbocycles. The molecule has 0 N–H and O–H groups in total. The maximum Gasteiger partial charge on any atom is 0.243 e. The van der Waals surface area contributed by atoms with Crippen LogP contribution in [0.2, 0.25) is 0 Å². The summed E-state index contributed by atoms with van der Waals surface area (Å²) in [4.78, 5) is 0.349. The summed E-state index contributed by atoms with van der Waals surface area (Å²) in [6, 6.07) is 5.12. The van der Waals surface area contributed by atoms with E-state index < -0.39 is 10.0 Å². The van der Waals surface area contributed by atoms with Gasteiger partial charge in [-0.2, -0.15) is 4.31 Å². The fourth-order valence-corrected chi connectivity index (χ4v) is 3.87. The van der Waals surface area contributed by atoms with Crippen molar-refractivity contribution < 1.29 is 13.2 Å². The third-order valence-corrected chi connectivity index (χ3v) is 6.11. The Bertz CT molecular complexity index is 625. The maximum absolute atomic E-state index is 12.6. The highest BCUT2D eigenvalue weighted by Crippen LogP contribution is 2.24. The first kappa shape index (κ1) is 15.7. The number of methoxy groups -OCH3 is 1. The molecule has 2 rings (SSSR count). The van der Waals surface area contributed by atoms with Gasteiger partial charge < -0.3 is 4.74 Å². The van der Waals surface area contributed by atoms with Crippen LogP contribution in [0, 0.1) is 6.92 Å². The van der Waals surface area contributed by atoms with E-state index in [1.165, 1.54) is 4.31 Å². The first-order valence-electron chi connectivity index (χ1n) is 6.38. The van der Waals surface area contributed by atoms with Gasteiger partial charge in [0.25, 0.3) is 0 Å². The molecule has 0 aromatic heterocycles. The SMILES string of the molecule is COCC1=CCN(S(=O)(=O)c2ccc(Br)c(C)c2)CC1. The number of benzene rings is 1. The Morgan fingerprint density at radius 2 is 2.15 bits per heavy atom. The Morgan fingerprint density at radius 3 is 2.70 bits per heavy atom. The molecule has 20 heavy (non-hydrogen) atoms. The lowest BCUT2D eigenvalue weighted by atomic mass is 10.1. The van der Waals surface area contributed by atoms with Crippen LogP contribution in [0.5, 0.6) is 0 Å². The monoisotopic (exact) mass is 359 g/mol. The summed E-state index contributed by atoms with van der Waals surface area (Å²) in [7, 11) is -1.77. The molecule has 0 bridgehead atoms. The number of nitrogens with zero attached hydrogens (tertiary/aromatic N) is 1. The van der Waals surface area contributed by atoms with Gasteiger partial charge >= 0.3 is 0 Å². The predicted octanol–water partition coefficient (Wildman–Crippen LogP) is 2.72. The molecule has 6 heteroatoms. The number of hydrogen-bond acceptors (Lipinski definition) is 3. The molecule has 0 unspecified atom stereocenters. The van der Waals surface area contributed by atoms with Crippen molar-refractivity contribution in [3.8, 4) is 0 Å². The molecular formula is C14H18BrNO3S. The summed E-state index contributed by atoms with van der Waals surface area (Å²) in [6.07, 6.45) is 2.67. The molecule has 110 valence electrons. The first-order valence-corrected chi connectivity index (χ1v) is 8.61. The van der Waals surface area contributed by atoms with E-state index in [0.29, 0.717) is 24.6 Å². The van der Waals surface area contributed by atoms with Gasteiger partial charge in [-0.05, 0) is 42.7 Å². The van der Waals surface area contributed by atoms with E-state index in [2.05, 4.69) is 15.9 Å². The second-order valence-corrected chi connectivity index (χ2v) is 7.61. The van der Waals surface area contributed by atoms with Gasteiger partial charge in [-0.3, -0.25) is 0 Å². The first-order chi connectivity index (χ1) is 9.45. The number of aryl methyl sites for hydroxylation is 1. The minimum Gasteiger partial charge on any atom is -0.380 e. The van der Waals surface area contributed by atoms with Crippen molar-refractivity contribution in [1.29, 1.82) is 0 Å². The van der Waals surface area contributed by atoms with Gasteiger partial charge in [-0.1, -0.05) is 22.0 Å². The highest BCUT2D eigenvalue weighted by atomic mass is 79.9. The van der Waals surface area contributed by atoms with E-state index in [1.54, 1.807) is 25.3 Å². The number of halogens is 1. The van der Waals surface area contributed by atoms with Crippen molar-refractivity contribution in [2.24, 2.45) is 0 Å². The zero-order valence-electron chi connectivity index (χ0n) is 11.6. The van der Waals surface area contributed by atoms with Crippen molar-refractivity contribution in [2.45, 2.75) is 18.2 Å². The number of sulfonamides is 1. The van der Waals surface area contributed by atoms with Crippen LogP contribution in [0.4, 0.5) is 0 Å². The molecular weight excluding hydrogens is 342 g/mol. The van der Waals surface area contributed by atoms with Gasteiger partial charge in [0.1, 0.15) is 0 Å². The predicted molar refractivity (Wildman–Crippen MR) is 82.2 cm³/mol. The van der Waals surface area contributed by atoms with E-state index in [0.717, 1.165) is 22.0 Å². The van der Waals surface area contributed by atoms with Crippen LogP contribution in [0.25, 0.3) is 0 Å². The van der Waals surface area contributed by atoms with E-state index in [4.69, 9.17) is 4.74 Å². The molecule has 0 spiro atoms. The molecule has 0 aliphatic carbocycles. The van der Waals surface area contributed by atoms with Crippen molar-refractivity contribution in [3.63, 3.8) is 0 Å². The highest BCUT2D eigenvalue weighted by Gasteiger charge is 2.26. The number of hydrogen-bond donors (Lipinski definition) is 0. The van der Waals surface area contributed by atoms with Crippen molar-refractivity contribution in [3.05, 3.63) is 39.9 Å². The Hall–Kier alpha value is -0.690. The molecule has 4 nitrogen and oxygen atoms in total. The molecule has 0 radical (unpaired) electrons. The van der Waals surface area contributed by atoms with Crippen LogP contribution < -0.4 is 0 Å². The minimum absolute atomic E-state index is 0.349. The minimum atomic E-state index is -3.41. The molecule has 1 aromatic carbocycles. The largest absolute Gasteiger partial charge is 0.380 e. The third-order valence-electron chi connectivity index (χ3n) is 3.36. The number of rotatable bonds is 4. The normalized spacial score (nSPS) is 17.1. The smallest absolute Gasteiger partial charge is 0.243 e. The van der Waals surface area contributed by atoms with Crippen molar-refractivity contribution in [2.75, 3.05) is 26.8 Å². The van der Waals surface area contributed by atoms with Gasteiger partial charge in [0, 0.05) is 24.7 Å². The van der Waals surface area contributed by atoms with Gasteiger partial charge in [0.2, 0.25) is 10.0 Å². The average Bonchev–Trinajstić information content (AvgIpc) is 2.43. The van der Waals surface area contributed by atoms with E-state index in [-0.39, 0.29) is 0 Å². The maximum atomic E-state index is 12.6. The summed E-state index contributed by atoms with van der Waals surface area (Å²) >= 11 is 3.39.